The number of carbonyl (C=O) groups excluding carboxylic acids is 1. The molecule has 2 aliphatic heterocycles. The fourth-order valence-electron chi connectivity index (χ4n) is 13.2. The maximum atomic E-state index is 13.4. The van der Waals surface area contributed by atoms with Crippen molar-refractivity contribution >= 4 is 5.91 Å². The molecule has 2 heterocycles. The van der Waals surface area contributed by atoms with Gasteiger partial charge in [0.05, 0.1) is 32.0 Å². The number of amides is 1. The summed E-state index contributed by atoms with van der Waals surface area (Å²) in [7, 11) is 0. The van der Waals surface area contributed by atoms with E-state index in [1.165, 1.54) is 295 Å². The lowest BCUT2D eigenvalue weighted by Gasteiger charge is -2.46. The van der Waals surface area contributed by atoms with Crippen LogP contribution in [0.1, 0.15) is 373 Å². The standard InChI is InChI=1S/C74H145NO13/c1-3-5-7-9-11-13-15-17-19-21-23-25-27-28-29-30-31-32-33-34-35-36-37-39-41-43-45-47-49-51-53-55-57-63(78)62(61-85-73-71(84)69(82)72(65(60-77)87-73)88-74-70(83)68(81)67(80)64(59-76)86-74)75-66(79)58-56-54-52-50-48-46-44-42-40-38-26-24-22-20-18-16-14-12-10-8-6-4-2/h62-65,67-74,76-78,80-84H,3-61H2,1-2H3,(H,75,79). The molecule has 1 amide bonds. The smallest absolute Gasteiger partial charge is 0.220 e. The number of rotatable bonds is 65. The molecule has 0 bridgehead atoms. The lowest BCUT2D eigenvalue weighted by atomic mass is 9.97. The average molecular weight is 1260 g/mol. The molecule has 0 spiro atoms. The lowest BCUT2D eigenvalue weighted by molar-refractivity contribution is -0.359. The molecule has 14 nitrogen and oxygen atoms in total. The Labute approximate surface area is 540 Å². The van der Waals surface area contributed by atoms with E-state index >= 15 is 0 Å². The van der Waals surface area contributed by atoms with Gasteiger partial charge < -0.3 is 65.1 Å². The first-order chi connectivity index (χ1) is 43.1. The molecule has 0 aliphatic carbocycles. The summed E-state index contributed by atoms with van der Waals surface area (Å²) in [5, 5.41) is 87.7. The molecule has 9 N–H and O–H groups in total. The van der Waals surface area contributed by atoms with Crippen molar-refractivity contribution in [2.75, 3.05) is 19.8 Å². The van der Waals surface area contributed by atoms with E-state index in [9.17, 15) is 45.6 Å². The molecule has 12 unspecified atom stereocenters. The minimum atomic E-state index is -1.78. The van der Waals surface area contributed by atoms with Crippen LogP contribution in [0.25, 0.3) is 0 Å². The van der Waals surface area contributed by atoms with Gasteiger partial charge in [-0.15, -0.1) is 0 Å². The van der Waals surface area contributed by atoms with Crippen molar-refractivity contribution in [1.82, 2.24) is 5.32 Å². The van der Waals surface area contributed by atoms with Crippen molar-refractivity contribution in [1.29, 1.82) is 0 Å². The van der Waals surface area contributed by atoms with E-state index in [0.717, 1.165) is 51.4 Å². The topological polar surface area (TPSA) is 228 Å². The van der Waals surface area contributed by atoms with Gasteiger partial charge in [-0.1, -0.05) is 354 Å². The van der Waals surface area contributed by atoms with Crippen LogP contribution in [-0.2, 0) is 23.7 Å². The van der Waals surface area contributed by atoms with Crippen LogP contribution < -0.4 is 5.32 Å². The molecule has 2 saturated heterocycles. The van der Waals surface area contributed by atoms with E-state index in [0.29, 0.717) is 12.8 Å². The molecular formula is C74H145NO13. The molecule has 0 saturated carbocycles. The Bertz CT molecular complexity index is 1480. The van der Waals surface area contributed by atoms with Gasteiger partial charge in [0, 0.05) is 6.42 Å². The summed E-state index contributed by atoms with van der Waals surface area (Å²) in [6.45, 7) is 2.94. The van der Waals surface area contributed by atoms with E-state index in [4.69, 9.17) is 18.9 Å². The Hall–Kier alpha value is -1.01. The van der Waals surface area contributed by atoms with Gasteiger partial charge in [-0.05, 0) is 12.8 Å². The van der Waals surface area contributed by atoms with Gasteiger partial charge in [-0.2, -0.15) is 0 Å². The fourth-order valence-corrected chi connectivity index (χ4v) is 13.2. The molecular weight excluding hydrogens is 1110 g/mol. The van der Waals surface area contributed by atoms with E-state index < -0.39 is 86.8 Å². The molecule has 0 aromatic rings. The highest BCUT2D eigenvalue weighted by atomic mass is 16.7. The number of hydrogen-bond donors (Lipinski definition) is 9. The predicted octanol–water partition coefficient (Wildman–Crippen LogP) is 16.4. The lowest BCUT2D eigenvalue weighted by Crippen LogP contribution is -2.65. The van der Waals surface area contributed by atoms with Gasteiger partial charge in [-0.25, -0.2) is 0 Å². The Kier molecular flexibility index (Phi) is 56.4. The second kappa shape index (κ2) is 59.7. The molecule has 0 aromatic heterocycles. The SMILES string of the molecule is CCCCCCCCCCCCCCCCCCCCCCCCCCCCCCCCCCC(O)C(COC1OC(CO)C(OC2OC(CO)C(O)C(O)C2O)C(O)C1O)NC(=O)CCCCCCCCCCCCCCCCCCCCCCCC. The summed E-state index contributed by atoms with van der Waals surface area (Å²) >= 11 is 0. The van der Waals surface area contributed by atoms with Crippen molar-refractivity contribution < 1.29 is 64.6 Å². The van der Waals surface area contributed by atoms with Gasteiger partial charge in [0.15, 0.2) is 12.6 Å². The Morgan fingerprint density at radius 3 is 0.966 bits per heavy atom. The monoisotopic (exact) mass is 1260 g/mol. The first kappa shape index (κ1) is 83.1. The van der Waals surface area contributed by atoms with Crippen molar-refractivity contribution in [3.63, 3.8) is 0 Å². The second-order valence-corrected chi connectivity index (χ2v) is 27.5. The highest BCUT2D eigenvalue weighted by Crippen LogP contribution is 2.30. The van der Waals surface area contributed by atoms with Crippen LogP contribution in [0.4, 0.5) is 0 Å². The number of nitrogens with one attached hydrogen (secondary N) is 1. The molecule has 524 valence electrons. The van der Waals surface area contributed by atoms with Crippen molar-refractivity contribution in [2.45, 2.75) is 447 Å². The van der Waals surface area contributed by atoms with Crippen LogP contribution in [0.3, 0.4) is 0 Å². The molecule has 12 atom stereocenters. The summed E-state index contributed by atoms with van der Waals surface area (Å²) in [4.78, 5) is 13.4. The molecule has 0 aromatic carbocycles. The number of aliphatic hydroxyl groups is 8. The molecule has 2 fully saturated rings. The minimum absolute atomic E-state index is 0.196. The quantitative estimate of drug-likeness (QED) is 0.0259. The van der Waals surface area contributed by atoms with Gasteiger partial charge in [0.1, 0.15) is 48.8 Å². The number of aliphatic hydroxyl groups excluding tert-OH is 8. The van der Waals surface area contributed by atoms with Crippen molar-refractivity contribution in [3.05, 3.63) is 0 Å². The summed E-state index contributed by atoms with van der Waals surface area (Å²) in [6, 6.07) is -0.825. The highest BCUT2D eigenvalue weighted by Gasteiger charge is 2.51. The third kappa shape index (κ3) is 43.1. The maximum absolute atomic E-state index is 13.4. The number of hydrogen-bond acceptors (Lipinski definition) is 13. The van der Waals surface area contributed by atoms with Crippen LogP contribution in [0, 0.1) is 0 Å². The number of carbonyl (C=O) groups is 1. The Balaban J connectivity index is 1.61. The van der Waals surface area contributed by atoms with Crippen LogP contribution in [0.5, 0.6) is 0 Å². The van der Waals surface area contributed by atoms with E-state index in [-0.39, 0.29) is 12.5 Å². The van der Waals surface area contributed by atoms with Gasteiger partial charge in [0.25, 0.3) is 0 Å². The summed E-state index contributed by atoms with van der Waals surface area (Å²) in [6.07, 6.45) is 55.7. The van der Waals surface area contributed by atoms with Crippen LogP contribution >= 0.6 is 0 Å². The zero-order chi connectivity index (χ0) is 63.8. The van der Waals surface area contributed by atoms with E-state index in [2.05, 4.69) is 19.2 Å². The molecule has 0 radical (unpaired) electrons. The maximum Gasteiger partial charge on any atom is 0.220 e. The molecule has 88 heavy (non-hydrogen) atoms. The van der Waals surface area contributed by atoms with E-state index in [1.54, 1.807) is 0 Å². The van der Waals surface area contributed by atoms with Crippen molar-refractivity contribution in [3.8, 4) is 0 Å². The summed E-state index contributed by atoms with van der Waals surface area (Å²) < 4.78 is 23.0. The first-order valence-electron chi connectivity index (χ1n) is 38.3. The normalized spacial score (nSPS) is 23.0. The second-order valence-electron chi connectivity index (χ2n) is 27.5. The predicted molar refractivity (Wildman–Crippen MR) is 360 cm³/mol. The Morgan fingerprint density at radius 2 is 0.648 bits per heavy atom. The van der Waals surface area contributed by atoms with Crippen LogP contribution in [0.2, 0.25) is 0 Å². The zero-order valence-corrected chi connectivity index (χ0v) is 57.3. The van der Waals surface area contributed by atoms with Crippen LogP contribution in [0.15, 0.2) is 0 Å². The molecule has 2 aliphatic rings. The van der Waals surface area contributed by atoms with Crippen molar-refractivity contribution in [2.24, 2.45) is 0 Å². The van der Waals surface area contributed by atoms with Gasteiger partial charge >= 0.3 is 0 Å². The summed E-state index contributed by atoms with van der Waals surface area (Å²) in [5.74, 6) is -0.196. The highest BCUT2D eigenvalue weighted by molar-refractivity contribution is 5.76. The first-order valence-corrected chi connectivity index (χ1v) is 38.3. The Morgan fingerprint density at radius 1 is 0.364 bits per heavy atom. The third-order valence-electron chi connectivity index (χ3n) is 19.3. The van der Waals surface area contributed by atoms with Gasteiger partial charge in [-0.3, -0.25) is 4.79 Å². The number of unbranched alkanes of at least 4 members (excludes halogenated alkanes) is 52. The molecule has 2 rings (SSSR count). The molecule has 14 heteroatoms. The minimum Gasteiger partial charge on any atom is -0.394 e. The largest absolute Gasteiger partial charge is 0.394 e. The fraction of sp³-hybridized carbons (Fsp3) is 0.986. The van der Waals surface area contributed by atoms with Crippen LogP contribution in [-0.4, -0.2) is 140 Å². The van der Waals surface area contributed by atoms with Gasteiger partial charge in [0.2, 0.25) is 5.91 Å². The third-order valence-corrected chi connectivity index (χ3v) is 19.3. The average Bonchev–Trinajstić information content (AvgIpc) is 2.07. The van der Waals surface area contributed by atoms with E-state index in [1.807, 2.05) is 0 Å². The number of ether oxygens (including phenoxy) is 4. The summed E-state index contributed by atoms with van der Waals surface area (Å²) in [5.41, 5.74) is 0. The zero-order valence-electron chi connectivity index (χ0n) is 57.3.